The first-order valence-corrected chi connectivity index (χ1v) is 21.8. The molecule has 3 heteroatoms. The van der Waals surface area contributed by atoms with Crippen LogP contribution in [0, 0.1) is 0 Å². The zero-order valence-corrected chi connectivity index (χ0v) is 34.2. The molecular weight excluding hydrogens is 763 g/mol. The number of hydrogen-bond donors (Lipinski definition) is 0. The molecule has 0 amide bonds. The van der Waals surface area contributed by atoms with Crippen molar-refractivity contribution in [3.05, 3.63) is 224 Å². The maximum absolute atomic E-state index is 2.45. The number of rotatable bonds is 4. The van der Waals surface area contributed by atoms with Crippen molar-refractivity contribution in [1.29, 1.82) is 0 Å². The second-order valence-corrected chi connectivity index (χ2v) is 16.9. The van der Waals surface area contributed by atoms with E-state index in [1.165, 1.54) is 115 Å². The molecule has 11 aromatic carbocycles. The third-order valence-corrected chi connectivity index (χ3v) is 13.6. The average Bonchev–Trinajstić information content (AvgIpc) is 4.00. The van der Waals surface area contributed by atoms with E-state index in [1.54, 1.807) is 0 Å². The molecule has 0 fully saturated rings. The van der Waals surface area contributed by atoms with Gasteiger partial charge in [-0.05, 0) is 116 Å². The van der Waals surface area contributed by atoms with Gasteiger partial charge >= 0.3 is 0 Å². The van der Waals surface area contributed by atoms with Crippen molar-refractivity contribution >= 4 is 97.7 Å². The summed E-state index contributed by atoms with van der Waals surface area (Å²) in [5, 5.41) is 15.1. The molecule has 292 valence electrons. The maximum Gasteiger partial charge on any atom is 0.0541 e. The molecule has 0 radical (unpaired) electrons. The van der Waals surface area contributed by atoms with Gasteiger partial charge in [0.15, 0.2) is 0 Å². The Labute approximate surface area is 362 Å². The first-order chi connectivity index (χ1) is 31.3. The lowest BCUT2D eigenvalue weighted by Gasteiger charge is -2.17. The maximum atomic E-state index is 2.45. The van der Waals surface area contributed by atoms with Crippen molar-refractivity contribution in [3.63, 3.8) is 0 Å². The minimum atomic E-state index is 1.13. The van der Waals surface area contributed by atoms with Crippen LogP contribution in [-0.2, 0) is 0 Å². The van der Waals surface area contributed by atoms with Gasteiger partial charge in [0.2, 0.25) is 0 Å². The highest BCUT2D eigenvalue weighted by Gasteiger charge is 2.19. The first kappa shape index (κ1) is 34.3. The van der Waals surface area contributed by atoms with E-state index in [9.17, 15) is 0 Å². The fourth-order valence-corrected chi connectivity index (χ4v) is 10.9. The molecule has 63 heavy (non-hydrogen) atoms. The molecule has 0 saturated heterocycles. The predicted octanol–water partition coefficient (Wildman–Crippen LogP) is 16.1. The van der Waals surface area contributed by atoms with Crippen molar-refractivity contribution in [3.8, 4) is 28.2 Å². The van der Waals surface area contributed by atoms with Gasteiger partial charge in [-0.1, -0.05) is 152 Å². The Morgan fingerprint density at radius 2 is 0.476 bits per heavy atom. The number of para-hydroxylation sites is 6. The van der Waals surface area contributed by atoms with Crippen LogP contribution in [-0.4, -0.2) is 13.7 Å². The largest absolute Gasteiger partial charge is 0.309 e. The average molecular weight is 800 g/mol. The van der Waals surface area contributed by atoms with E-state index in [0.717, 1.165) is 11.4 Å². The molecule has 0 atom stereocenters. The van der Waals surface area contributed by atoms with Crippen LogP contribution < -0.4 is 0 Å². The van der Waals surface area contributed by atoms with E-state index in [0.29, 0.717) is 0 Å². The molecule has 0 aliphatic carbocycles. The molecule has 14 rings (SSSR count). The Balaban J connectivity index is 1.03. The molecule has 14 aromatic rings. The van der Waals surface area contributed by atoms with Crippen molar-refractivity contribution in [1.82, 2.24) is 13.7 Å². The normalized spacial score (nSPS) is 12.1. The highest BCUT2D eigenvalue weighted by atomic mass is 15.0. The van der Waals surface area contributed by atoms with Crippen LogP contribution in [0.5, 0.6) is 0 Å². The summed E-state index contributed by atoms with van der Waals surface area (Å²) in [6, 6.07) is 83.0. The third kappa shape index (κ3) is 4.90. The van der Waals surface area contributed by atoms with Crippen LogP contribution >= 0.6 is 0 Å². The molecule has 0 spiro atoms. The van der Waals surface area contributed by atoms with Crippen LogP contribution in [0.15, 0.2) is 224 Å². The second kappa shape index (κ2) is 13.1. The van der Waals surface area contributed by atoms with Gasteiger partial charge in [-0.3, -0.25) is 0 Å². The lowest BCUT2D eigenvalue weighted by atomic mass is 9.91. The van der Waals surface area contributed by atoms with Gasteiger partial charge in [0.25, 0.3) is 0 Å². The quantitative estimate of drug-likeness (QED) is 0.158. The summed E-state index contributed by atoms with van der Waals surface area (Å²) in [6.07, 6.45) is 0. The Hall–Kier alpha value is -8.40. The first-order valence-electron chi connectivity index (χ1n) is 21.8. The number of fused-ring (bicyclic) bond motifs is 15. The van der Waals surface area contributed by atoms with E-state index in [4.69, 9.17) is 0 Å². The zero-order chi connectivity index (χ0) is 41.2. The fourth-order valence-electron chi connectivity index (χ4n) is 10.9. The lowest BCUT2D eigenvalue weighted by molar-refractivity contribution is 1.13. The van der Waals surface area contributed by atoms with E-state index in [-0.39, 0.29) is 0 Å². The topological polar surface area (TPSA) is 14.8 Å². The van der Waals surface area contributed by atoms with Crippen molar-refractivity contribution in [2.75, 3.05) is 0 Å². The minimum absolute atomic E-state index is 1.13. The summed E-state index contributed by atoms with van der Waals surface area (Å²) in [5.74, 6) is 0. The highest BCUT2D eigenvalue weighted by molar-refractivity contribution is 6.26. The highest BCUT2D eigenvalue weighted by Crippen LogP contribution is 2.42. The monoisotopic (exact) mass is 799 g/mol. The zero-order valence-electron chi connectivity index (χ0n) is 34.2. The molecule has 3 nitrogen and oxygen atoms in total. The van der Waals surface area contributed by atoms with Crippen LogP contribution in [0.4, 0.5) is 0 Å². The van der Waals surface area contributed by atoms with Gasteiger partial charge in [0.1, 0.15) is 0 Å². The fraction of sp³-hybridized carbons (Fsp3) is 0. The van der Waals surface area contributed by atoms with Crippen LogP contribution in [0.1, 0.15) is 0 Å². The smallest absolute Gasteiger partial charge is 0.0541 e. The standard InChI is InChI=1S/C60H37N3/c1-2-16-44-43(15-1)53-35-38(29-31-45(53)46-32-30-40(37-54(44)46)61-55-23-9-3-17-47(55)48-18-4-10-24-56(48)61)39-33-41(62-57-25-11-5-19-49(57)50-20-6-12-26-58(50)62)36-42(34-39)63-59-27-13-7-21-51(59)52-22-8-14-28-60(52)63/h1-37H. The third-order valence-electron chi connectivity index (χ3n) is 13.6. The molecule has 0 aliphatic rings. The number of benzene rings is 11. The van der Waals surface area contributed by atoms with Crippen LogP contribution in [0.3, 0.4) is 0 Å². The summed E-state index contributed by atoms with van der Waals surface area (Å²) in [4.78, 5) is 0. The Kier molecular flexibility index (Phi) is 7.11. The summed E-state index contributed by atoms with van der Waals surface area (Å²) in [7, 11) is 0. The van der Waals surface area contributed by atoms with Crippen LogP contribution in [0.25, 0.3) is 126 Å². The Morgan fingerprint density at radius 3 is 0.873 bits per heavy atom. The SMILES string of the molecule is c1ccc2c(c1)c1cc(-c3cc(-n4c5ccccc5c5ccccc54)cc(-n4c5ccccc5c5ccccc54)c3)ccc1c1ccc(-n3c4ccccc4c4ccccc43)cc21. The molecule has 3 aromatic heterocycles. The molecule has 0 aliphatic heterocycles. The van der Waals surface area contributed by atoms with Gasteiger partial charge in [-0.15, -0.1) is 0 Å². The van der Waals surface area contributed by atoms with E-state index in [2.05, 4.69) is 238 Å². The van der Waals surface area contributed by atoms with Gasteiger partial charge < -0.3 is 13.7 Å². The second-order valence-electron chi connectivity index (χ2n) is 16.9. The Bertz CT molecular complexity index is 3900. The van der Waals surface area contributed by atoms with Gasteiger partial charge in [-0.2, -0.15) is 0 Å². The number of aromatic nitrogens is 3. The van der Waals surface area contributed by atoms with Crippen molar-refractivity contribution < 1.29 is 0 Å². The number of hydrogen-bond acceptors (Lipinski definition) is 0. The lowest BCUT2D eigenvalue weighted by Crippen LogP contribution is -2.00. The van der Waals surface area contributed by atoms with E-state index < -0.39 is 0 Å². The summed E-state index contributed by atoms with van der Waals surface area (Å²) >= 11 is 0. The summed E-state index contributed by atoms with van der Waals surface area (Å²) in [5.41, 5.74) is 13.0. The van der Waals surface area contributed by atoms with Crippen LogP contribution in [0.2, 0.25) is 0 Å². The van der Waals surface area contributed by atoms with Gasteiger partial charge in [0, 0.05) is 49.4 Å². The molecule has 0 bridgehead atoms. The molecule has 0 N–H and O–H groups in total. The molecule has 0 unspecified atom stereocenters. The van der Waals surface area contributed by atoms with E-state index >= 15 is 0 Å². The minimum Gasteiger partial charge on any atom is -0.309 e. The molecule has 3 heterocycles. The predicted molar refractivity (Wildman–Crippen MR) is 267 cm³/mol. The number of nitrogens with zero attached hydrogens (tertiary/aromatic N) is 3. The van der Waals surface area contributed by atoms with E-state index in [1.807, 2.05) is 0 Å². The summed E-state index contributed by atoms with van der Waals surface area (Å²) in [6.45, 7) is 0. The van der Waals surface area contributed by atoms with Crippen molar-refractivity contribution in [2.45, 2.75) is 0 Å². The Morgan fingerprint density at radius 1 is 0.175 bits per heavy atom. The van der Waals surface area contributed by atoms with Crippen molar-refractivity contribution in [2.24, 2.45) is 0 Å². The summed E-state index contributed by atoms with van der Waals surface area (Å²) < 4.78 is 7.32. The molecular formula is C60H37N3. The van der Waals surface area contributed by atoms with Gasteiger partial charge in [0.05, 0.1) is 33.1 Å². The molecule has 0 saturated carbocycles. The van der Waals surface area contributed by atoms with Gasteiger partial charge in [-0.25, -0.2) is 0 Å².